The maximum atomic E-state index is 5.72. The monoisotopic (exact) mass is 259 g/mol. The van der Waals surface area contributed by atoms with Gasteiger partial charge >= 0.3 is 0 Å². The third-order valence-electron chi connectivity index (χ3n) is 1.89. The second kappa shape index (κ2) is 9.05. The number of hydrogen-bond donors (Lipinski definition) is 1. The van der Waals surface area contributed by atoms with Gasteiger partial charge < -0.3 is 10.1 Å². The molecule has 1 aromatic rings. The summed E-state index contributed by atoms with van der Waals surface area (Å²) >= 11 is 5.72. The number of anilines is 1. The molecule has 0 radical (unpaired) electrons. The smallest absolute Gasteiger partial charge is 0.227 e. The van der Waals surface area contributed by atoms with Crippen LogP contribution in [-0.4, -0.2) is 23.1 Å². The van der Waals surface area contributed by atoms with Gasteiger partial charge in [-0.15, -0.1) is 0 Å². The summed E-state index contributed by atoms with van der Waals surface area (Å²) in [6.45, 7) is 11.4. The first kappa shape index (κ1) is 16.0. The van der Waals surface area contributed by atoms with Crippen molar-refractivity contribution in [2.75, 3.05) is 18.5 Å². The Bertz CT molecular complexity index is 332. The molecule has 0 saturated heterocycles. The maximum absolute atomic E-state index is 5.72. The second-order valence-corrected chi connectivity index (χ2v) is 3.07. The second-order valence-electron chi connectivity index (χ2n) is 2.73. The minimum atomic E-state index is 0.233. The first-order valence-corrected chi connectivity index (χ1v) is 6.62. The topological polar surface area (TPSA) is 47.0 Å². The van der Waals surface area contributed by atoms with Gasteiger partial charge in [-0.25, -0.2) is 4.98 Å². The Morgan fingerprint density at radius 3 is 2.47 bits per heavy atom. The Kier molecular flexibility index (Phi) is 8.50. The van der Waals surface area contributed by atoms with E-state index in [4.69, 9.17) is 16.3 Å². The van der Waals surface area contributed by atoms with Crippen LogP contribution in [-0.2, 0) is 6.42 Å². The van der Waals surface area contributed by atoms with Crippen LogP contribution >= 0.6 is 11.6 Å². The standard InChI is InChI=1S/C8H10ClN3O.2C2H6/c1-2-13-7-5-3-4-10-6(5)11-8(9)12-7;2*1-2/h2-4H2,1H3,(H,10,11,12);2*1-2H3. The Morgan fingerprint density at radius 1 is 1.24 bits per heavy atom. The molecular formula is C12H22ClN3O. The third kappa shape index (κ3) is 4.38. The van der Waals surface area contributed by atoms with Crippen molar-refractivity contribution in [3.8, 4) is 5.88 Å². The van der Waals surface area contributed by atoms with Gasteiger partial charge in [-0.1, -0.05) is 27.7 Å². The van der Waals surface area contributed by atoms with E-state index in [-0.39, 0.29) is 5.28 Å². The number of aromatic nitrogens is 2. The van der Waals surface area contributed by atoms with Gasteiger partial charge in [-0.3, -0.25) is 0 Å². The summed E-state index contributed by atoms with van der Waals surface area (Å²) in [7, 11) is 0. The molecule has 1 N–H and O–H groups in total. The van der Waals surface area contributed by atoms with Crippen molar-refractivity contribution in [1.82, 2.24) is 9.97 Å². The zero-order valence-corrected chi connectivity index (χ0v) is 12.1. The molecule has 2 heterocycles. The van der Waals surface area contributed by atoms with E-state index in [1.54, 1.807) is 0 Å². The first-order valence-electron chi connectivity index (χ1n) is 6.24. The van der Waals surface area contributed by atoms with E-state index in [0.717, 1.165) is 24.3 Å². The fraction of sp³-hybridized carbons (Fsp3) is 0.667. The predicted molar refractivity (Wildman–Crippen MR) is 73.1 cm³/mol. The molecule has 5 heteroatoms. The summed E-state index contributed by atoms with van der Waals surface area (Å²) in [5.41, 5.74) is 1.03. The Morgan fingerprint density at radius 2 is 1.88 bits per heavy atom. The molecule has 0 atom stereocenters. The van der Waals surface area contributed by atoms with Gasteiger partial charge in [0.2, 0.25) is 11.2 Å². The van der Waals surface area contributed by atoms with Crippen LogP contribution in [0, 0.1) is 0 Å². The summed E-state index contributed by atoms with van der Waals surface area (Å²) in [5.74, 6) is 1.42. The fourth-order valence-electron chi connectivity index (χ4n) is 1.37. The lowest BCUT2D eigenvalue weighted by atomic mass is 10.2. The predicted octanol–water partition coefficient (Wildman–Crippen LogP) is 3.55. The van der Waals surface area contributed by atoms with Crippen molar-refractivity contribution in [1.29, 1.82) is 0 Å². The van der Waals surface area contributed by atoms with Gasteiger partial charge in [-0.05, 0) is 24.9 Å². The van der Waals surface area contributed by atoms with Crippen molar-refractivity contribution in [3.05, 3.63) is 10.8 Å². The highest BCUT2D eigenvalue weighted by Crippen LogP contribution is 2.28. The lowest BCUT2D eigenvalue weighted by Gasteiger charge is -2.06. The molecule has 1 aliphatic heterocycles. The molecule has 0 bridgehead atoms. The van der Waals surface area contributed by atoms with Crippen LogP contribution in [0.4, 0.5) is 5.82 Å². The Balaban J connectivity index is 0.000000581. The maximum Gasteiger partial charge on any atom is 0.227 e. The van der Waals surface area contributed by atoms with E-state index >= 15 is 0 Å². The molecule has 1 aliphatic rings. The number of rotatable bonds is 2. The number of halogens is 1. The van der Waals surface area contributed by atoms with Crippen LogP contribution in [0.1, 0.15) is 40.2 Å². The van der Waals surface area contributed by atoms with Gasteiger partial charge in [0.1, 0.15) is 5.82 Å². The molecule has 17 heavy (non-hydrogen) atoms. The lowest BCUT2D eigenvalue weighted by molar-refractivity contribution is 0.323. The molecule has 0 spiro atoms. The zero-order valence-electron chi connectivity index (χ0n) is 11.3. The van der Waals surface area contributed by atoms with Crippen LogP contribution in [0.5, 0.6) is 5.88 Å². The number of hydrogen-bond acceptors (Lipinski definition) is 4. The Labute approximate surface area is 109 Å². The van der Waals surface area contributed by atoms with Gasteiger partial charge in [0.05, 0.1) is 12.2 Å². The van der Waals surface area contributed by atoms with Crippen molar-refractivity contribution >= 4 is 17.4 Å². The average Bonchev–Trinajstić information content (AvgIpc) is 2.82. The summed E-state index contributed by atoms with van der Waals surface area (Å²) < 4.78 is 5.35. The molecule has 2 rings (SSSR count). The van der Waals surface area contributed by atoms with Crippen LogP contribution in [0.25, 0.3) is 0 Å². The minimum Gasteiger partial charge on any atom is -0.478 e. The number of fused-ring (bicyclic) bond motifs is 1. The highest BCUT2D eigenvalue weighted by molar-refractivity contribution is 6.28. The van der Waals surface area contributed by atoms with Crippen molar-refractivity contribution in [2.45, 2.75) is 41.0 Å². The van der Waals surface area contributed by atoms with Crippen molar-refractivity contribution < 1.29 is 4.74 Å². The number of nitrogens with zero attached hydrogens (tertiary/aromatic N) is 2. The largest absolute Gasteiger partial charge is 0.478 e. The SMILES string of the molecule is CC.CC.CCOc1nc(Cl)nc2c1CCN2. The normalized spacial score (nSPS) is 11.2. The first-order chi connectivity index (χ1) is 8.31. The zero-order chi connectivity index (χ0) is 13.3. The van der Waals surface area contributed by atoms with Crippen LogP contribution in [0.2, 0.25) is 5.28 Å². The molecule has 0 fully saturated rings. The van der Waals surface area contributed by atoms with Gasteiger partial charge in [0.15, 0.2) is 0 Å². The molecule has 4 nitrogen and oxygen atoms in total. The summed E-state index contributed by atoms with van der Waals surface area (Å²) in [5, 5.41) is 3.36. The van der Waals surface area contributed by atoms with E-state index in [2.05, 4.69) is 15.3 Å². The van der Waals surface area contributed by atoms with E-state index in [9.17, 15) is 0 Å². The molecular weight excluding hydrogens is 238 g/mol. The van der Waals surface area contributed by atoms with E-state index in [1.807, 2.05) is 34.6 Å². The molecule has 0 aromatic carbocycles. The molecule has 98 valence electrons. The van der Waals surface area contributed by atoms with Gasteiger partial charge in [0, 0.05) is 6.54 Å². The summed E-state index contributed by atoms with van der Waals surface area (Å²) in [4.78, 5) is 8.09. The minimum absolute atomic E-state index is 0.233. The molecule has 0 saturated carbocycles. The highest BCUT2D eigenvalue weighted by Gasteiger charge is 2.19. The highest BCUT2D eigenvalue weighted by atomic mass is 35.5. The van der Waals surface area contributed by atoms with Crippen LogP contribution < -0.4 is 10.1 Å². The molecule has 1 aromatic heterocycles. The average molecular weight is 260 g/mol. The summed E-state index contributed by atoms with van der Waals surface area (Å²) in [6, 6.07) is 0. The van der Waals surface area contributed by atoms with Gasteiger partial charge in [0.25, 0.3) is 0 Å². The Hall–Kier alpha value is -1.03. The molecule has 0 aliphatic carbocycles. The molecule has 0 unspecified atom stereocenters. The van der Waals surface area contributed by atoms with E-state index in [0.29, 0.717) is 12.5 Å². The third-order valence-corrected chi connectivity index (χ3v) is 2.06. The summed E-state index contributed by atoms with van der Waals surface area (Å²) in [6.07, 6.45) is 0.905. The lowest BCUT2D eigenvalue weighted by Crippen LogP contribution is -2.00. The molecule has 0 amide bonds. The van der Waals surface area contributed by atoms with Crippen LogP contribution in [0.15, 0.2) is 0 Å². The van der Waals surface area contributed by atoms with Crippen molar-refractivity contribution in [3.63, 3.8) is 0 Å². The van der Waals surface area contributed by atoms with E-state index < -0.39 is 0 Å². The van der Waals surface area contributed by atoms with Gasteiger partial charge in [-0.2, -0.15) is 4.98 Å². The van der Waals surface area contributed by atoms with Crippen LogP contribution in [0.3, 0.4) is 0 Å². The number of ether oxygens (including phenoxy) is 1. The quantitative estimate of drug-likeness (QED) is 0.825. The number of nitrogens with one attached hydrogen (secondary N) is 1. The van der Waals surface area contributed by atoms with E-state index in [1.165, 1.54) is 0 Å². The van der Waals surface area contributed by atoms with Crippen molar-refractivity contribution in [2.24, 2.45) is 0 Å². The fourth-order valence-corrected chi connectivity index (χ4v) is 1.53.